The minimum Gasteiger partial charge on any atom is -0.481 e. The molecule has 5 nitrogen and oxygen atoms in total. The van der Waals surface area contributed by atoms with Gasteiger partial charge in [-0.1, -0.05) is 12.1 Å². The van der Waals surface area contributed by atoms with Crippen LogP contribution in [-0.2, 0) is 14.6 Å². The molecular formula is C13H15F2NO4S. The van der Waals surface area contributed by atoms with E-state index in [2.05, 4.69) is 5.32 Å². The van der Waals surface area contributed by atoms with Gasteiger partial charge in [0.2, 0.25) is 9.84 Å². The van der Waals surface area contributed by atoms with Gasteiger partial charge in [0.1, 0.15) is 0 Å². The molecule has 1 aliphatic carbocycles. The highest BCUT2D eigenvalue weighted by Crippen LogP contribution is 2.32. The molecule has 1 aromatic carbocycles. The third kappa shape index (κ3) is 3.31. The Morgan fingerprint density at radius 1 is 1.29 bits per heavy atom. The number of carboxylic acids is 1. The fourth-order valence-electron chi connectivity index (χ4n) is 2.49. The first-order valence-corrected chi connectivity index (χ1v) is 7.97. The van der Waals surface area contributed by atoms with Crippen molar-refractivity contribution in [3.63, 3.8) is 0 Å². The molecule has 116 valence electrons. The van der Waals surface area contributed by atoms with Gasteiger partial charge in [0.25, 0.3) is 0 Å². The average Bonchev–Trinajstić information content (AvgIpc) is 2.87. The molecule has 0 aliphatic heterocycles. The number of anilines is 1. The molecule has 2 unspecified atom stereocenters. The Labute approximate surface area is 120 Å². The van der Waals surface area contributed by atoms with Gasteiger partial charge < -0.3 is 10.4 Å². The number of carbonyl (C=O) groups is 1. The van der Waals surface area contributed by atoms with Crippen molar-refractivity contribution in [1.29, 1.82) is 0 Å². The van der Waals surface area contributed by atoms with Crippen LogP contribution in [0.15, 0.2) is 29.2 Å². The van der Waals surface area contributed by atoms with E-state index in [0.29, 0.717) is 19.3 Å². The van der Waals surface area contributed by atoms with Crippen LogP contribution in [-0.4, -0.2) is 31.3 Å². The van der Waals surface area contributed by atoms with Crippen LogP contribution in [0, 0.1) is 5.92 Å². The molecule has 1 fully saturated rings. The van der Waals surface area contributed by atoms with Crippen molar-refractivity contribution in [1.82, 2.24) is 0 Å². The SMILES string of the molecule is O=C(O)C1CCC(Nc2ccccc2S(=O)(=O)C(F)F)C1. The second-order valence-electron chi connectivity index (χ2n) is 4.99. The van der Waals surface area contributed by atoms with Gasteiger partial charge in [0, 0.05) is 6.04 Å². The van der Waals surface area contributed by atoms with E-state index in [4.69, 9.17) is 5.11 Å². The maximum atomic E-state index is 12.7. The zero-order valence-electron chi connectivity index (χ0n) is 11.0. The summed E-state index contributed by atoms with van der Waals surface area (Å²) in [4.78, 5) is 10.4. The van der Waals surface area contributed by atoms with Crippen molar-refractivity contribution in [3.8, 4) is 0 Å². The lowest BCUT2D eigenvalue weighted by Crippen LogP contribution is -2.20. The van der Waals surface area contributed by atoms with Crippen molar-refractivity contribution in [3.05, 3.63) is 24.3 Å². The highest BCUT2D eigenvalue weighted by atomic mass is 32.2. The van der Waals surface area contributed by atoms with Crippen LogP contribution in [0.3, 0.4) is 0 Å². The van der Waals surface area contributed by atoms with Crippen molar-refractivity contribution in [2.75, 3.05) is 5.32 Å². The van der Waals surface area contributed by atoms with Crippen LogP contribution in [0.1, 0.15) is 19.3 Å². The molecular weight excluding hydrogens is 304 g/mol. The van der Waals surface area contributed by atoms with Gasteiger partial charge >= 0.3 is 11.7 Å². The Balaban J connectivity index is 2.21. The first-order valence-electron chi connectivity index (χ1n) is 6.43. The zero-order chi connectivity index (χ0) is 15.6. The zero-order valence-corrected chi connectivity index (χ0v) is 11.8. The molecule has 1 aromatic rings. The minimum absolute atomic E-state index is 0.0915. The number of nitrogens with one attached hydrogen (secondary N) is 1. The molecule has 0 spiro atoms. The first kappa shape index (κ1) is 15.7. The third-order valence-electron chi connectivity index (χ3n) is 3.57. The number of hydrogen-bond acceptors (Lipinski definition) is 4. The van der Waals surface area contributed by atoms with Gasteiger partial charge in [-0.05, 0) is 31.4 Å². The Morgan fingerprint density at radius 3 is 2.52 bits per heavy atom. The van der Waals surface area contributed by atoms with E-state index in [0.717, 1.165) is 6.07 Å². The van der Waals surface area contributed by atoms with Crippen molar-refractivity contribution < 1.29 is 27.1 Å². The van der Waals surface area contributed by atoms with Crippen LogP contribution >= 0.6 is 0 Å². The molecule has 0 amide bonds. The maximum absolute atomic E-state index is 12.7. The summed E-state index contributed by atoms with van der Waals surface area (Å²) in [5.41, 5.74) is 0.0915. The number of sulfone groups is 1. The largest absolute Gasteiger partial charge is 0.481 e. The summed E-state index contributed by atoms with van der Waals surface area (Å²) in [5, 5.41) is 11.8. The first-order chi connectivity index (χ1) is 9.82. The van der Waals surface area contributed by atoms with Crippen LogP contribution in [0.5, 0.6) is 0 Å². The maximum Gasteiger partial charge on any atom is 0.341 e. The molecule has 0 radical (unpaired) electrons. The minimum atomic E-state index is -4.69. The number of para-hydroxylation sites is 1. The lowest BCUT2D eigenvalue weighted by Gasteiger charge is -2.17. The molecule has 8 heteroatoms. The summed E-state index contributed by atoms with van der Waals surface area (Å²) >= 11 is 0. The molecule has 0 heterocycles. The summed E-state index contributed by atoms with van der Waals surface area (Å²) in [7, 11) is -4.69. The fraction of sp³-hybridized carbons (Fsp3) is 0.462. The van der Waals surface area contributed by atoms with Crippen LogP contribution in [0.2, 0.25) is 0 Å². The van der Waals surface area contributed by atoms with E-state index in [1.807, 2.05) is 0 Å². The molecule has 0 bridgehead atoms. The van der Waals surface area contributed by atoms with Crippen molar-refractivity contribution in [2.24, 2.45) is 5.92 Å². The Morgan fingerprint density at radius 2 is 1.95 bits per heavy atom. The van der Waals surface area contributed by atoms with Gasteiger partial charge in [0.15, 0.2) is 0 Å². The van der Waals surface area contributed by atoms with E-state index in [1.54, 1.807) is 0 Å². The smallest absolute Gasteiger partial charge is 0.341 e. The van der Waals surface area contributed by atoms with Crippen molar-refractivity contribution >= 4 is 21.5 Å². The summed E-state index contributed by atoms with van der Waals surface area (Å²) < 4.78 is 48.6. The standard InChI is InChI=1S/C13H15F2NO4S/c14-13(15)21(19,20)11-4-2-1-3-10(11)16-9-6-5-8(7-9)12(17)18/h1-4,8-9,13,16H,5-7H2,(H,17,18). The monoisotopic (exact) mass is 319 g/mol. The average molecular weight is 319 g/mol. The predicted molar refractivity (Wildman–Crippen MR) is 72.0 cm³/mol. The number of rotatable bonds is 5. The normalized spacial score (nSPS) is 22.4. The van der Waals surface area contributed by atoms with E-state index >= 15 is 0 Å². The summed E-state index contributed by atoms with van der Waals surface area (Å²) in [6.45, 7) is 0. The number of alkyl halides is 2. The molecule has 0 aromatic heterocycles. The van der Waals surface area contributed by atoms with E-state index in [1.165, 1.54) is 18.2 Å². The molecule has 0 saturated heterocycles. The van der Waals surface area contributed by atoms with Gasteiger partial charge in [-0.2, -0.15) is 8.78 Å². The lowest BCUT2D eigenvalue weighted by molar-refractivity contribution is -0.141. The second kappa shape index (κ2) is 5.97. The highest BCUT2D eigenvalue weighted by molar-refractivity contribution is 7.91. The number of halogens is 2. The van der Waals surface area contributed by atoms with Crippen LogP contribution in [0.4, 0.5) is 14.5 Å². The molecule has 1 aliphatic rings. The molecule has 21 heavy (non-hydrogen) atoms. The molecule has 2 rings (SSSR count). The summed E-state index contributed by atoms with van der Waals surface area (Å²) in [6.07, 6.45) is 1.38. The van der Waals surface area contributed by atoms with Gasteiger partial charge in [0.05, 0.1) is 16.5 Å². The highest BCUT2D eigenvalue weighted by Gasteiger charge is 2.32. The van der Waals surface area contributed by atoms with Gasteiger partial charge in [-0.15, -0.1) is 0 Å². The Kier molecular flexibility index (Phi) is 4.46. The third-order valence-corrected chi connectivity index (χ3v) is 5.01. The molecule has 2 N–H and O–H groups in total. The summed E-state index contributed by atoms with van der Waals surface area (Å²) in [5.74, 6) is -4.87. The van der Waals surface area contributed by atoms with Crippen LogP contribution in [0.25, 0.3) is 0 Å². The van der Waals surface area contributed by atoms with Gasteiger partial charge in [-0.3, -0.25) is 4.79 Å². The fourth-order valence-corrected chi connectivity index (χ4v) is 3.38. The number of benzene rings is 1. The van der Waals surface area contributed by atoms with Gasteiger partial charge in [-0.25, -0.2) is 8.42 Å². The number of carboxylic acid groups (broad SMARTS) is 1. The molecule has 2 atom stereocenters. The Bertz CT molecular complexity index is 633. The number of hydrogen-bond donors (Lipinski definition) is 2. The topological polar surface area (TPSA) is 83.5 Å². The quantitative estimate of drug-likeness (QED) is 0.870. The van der Waals surface area contributed by atoms with E-state index < -0.39 is 32.4 Å². The van der Waals surface area contributed by atoms with Crippen LogP contribution < -0.4 is 5.32 Å². The van der Waals surface area contributed by atoms with E-state index in [-0.39, 0.29) is 11.7 Å². The summed E-state index contributed by atoms with van der Waals surface area (Å²) in [6, 6.07) is 5.20. The van der Waals surface area contributed by atoms with E-state index in [9.17, 15) is 22.0 Å². The second-order valence-corrected chi connectivity index (χ2v) is 6.88. The van der Waals surface area contributed by atoms with Crippen molar-refractivity contribution in [2.45, 2.75) is 36.0 Å². The lowest BCUT2D eigenvalue weighted by atomic mass is 10.1. The number of aliphatic carboxylic acids is 1. The molecule has 1 saturated carbocycles. The Hall–Kier alpha value is -1.70. The predicted octanol–water partition coefficient (Wildman–Crippen LogP) is 2.35.